The van der Waals surface area contributed by atoms with E-state index in [2.05, 4.69) is 27.7 Å². The summed E-state index contributed by atoms with van der Waals surface area (Å²) < 4.78 is 16.0. The first-order valence-corrected chi connectivity index (χ1v) is 9.60. The topological polar surface area (TPSA) is 116 Å². The van der Waals surface area contributed by atoms with Crippen molar-refractivity contribution >= 4 is 12.0 Å². The van der Waals surface area contributed by atoms with Gasteiger partial charge < -0.3 is 24.6 Å². The molecule has 0 bridgehead atoms. The largest absolute Gasteiger partial charge is 0.487 e. The number of benzene rings is 1. The highest BCUT2D eigenvalue weighted by atomic mass is 16.5. The zero-order valence-electron chi connectivity index (χ0n) is 16.5. The van der Waals surface area contributed by atoms with Crippen molar-refractivity contribution in [3.63, 3.8) is 0 Å². The predicted octanol–water partition coefficient (Wildman–Crippen LogP) is 2.59. The van der Waals surface area contributed by atoms with E-state index >= 15 is 0 Å². The molecule has 2 aromatic rings. The molecule has 2 amide bonds. The first-order chi connectivity index (χ1) is 14.1. The van der Waals surface area contributed by atoms with Crippen LogP contribution in [0.2, 0.25) is 0 Å². The van der Waals surface area contributed by atoms with Crippen molar-refractivity contribution in [1.82, 2.24) is 20.8 Å². The summed E-state index contributed by atoms with van der Waals surface area (Å²) in [6.07, 6.45) is 2.84. The van der Waals surface area contributed by atoms with Crippen molar-refractivity contribution in [3.8, 4) is 17.1 Å². The fourth-order valence-corrected chi connectivity index (χ4v) is 2.73. The van der Waals surface area contributed by atoms with Gasteiger partial charge in [-0.15, -0.1) is 0 Å². The van der Waals surface area contributed by atoms with Crippen molar-refractivity contribution in [2.24, 2.45) is 0 Å². The summed E-state index contributed by atoms with van der Waals surface area (Å²) in [6, 6.07) is 6.80. The van der Waals surface area contributed by atoms with Crippen LogP contribution in [0.5, 0.6) is 5.75 Å². The third-order valence-corrected chi connectivity index (χ3v) is 4.28. The summed E-state index contributed by atoms with van der Waals surface area (Å²) in [7, 11) is 0. The van der Waals surface area contributed by atoms with Crippen LogP contribution in [0.1, 0.15) is 32.6 Å². The van der Waals surface area contributed by atoms with Gasteiger partial charge in [0.05, 0.1) is 24.4 Å². The van der Waals surface area contributed by atoms with Gasteiger partial charge in [0.15, 0.2) is 0 Å². The first-order valence-electron chi connectivity index (χ1n) is 9.60. The molecule has 0 spiro atoms. The Kier molecular flexibility index (Phi) is 6.83. The number of urea groups is 1. The van der Waals surface area contributed by atoms with Gasteiger partial charge in [-0.2, -0.15) is 4.98 Å². The lowest BCUT2D eigenvalue weighted by Crippen LogP contribution is -2.45. The van der Waals surface area contributed by atoms with Crippen molar-refractivity contribution < 1.29 is 23.6 Å². The van der Waals surface area contributed by atoms with Crippen molar-refractivity contribution in [1.29, 1.82) is 0 Å². The number of hydrogen-bond donors (Lipinski definition) is 2. The zero-order valence-corrected chi connectivity index (χ0v) is 16.5. The number of amides is 2. The molecule has 0 fully saturated rings. The molecule has 1 aliphatic heterocycles. The smallest absolute Gasteiger partial charge is 0.337 e. The molecule has 1 aromatic heterocycles. The lowest BCUT2D eigenvalue weighted by Gasteiger charge is -2.21. The molecule has 0 radical (unpaired) electrons. The Morgan fingerprint density at radius 1 is 1.24 bits per heavy atom. The standard InChI is InChI=1S/C20H24N4O5/c1-3-5-6-17-23-18(24-29-17)13-7-9-14(10-8-13)28-12-16-15(19(25)27-4-2)11-21-20(26)22-16/h7-10H,3-6,11-12H2,1-2H3,(H2,21,22,26). The van der Waals surface area contributed by atoms with Gasteiger partial charge in [0.1, 0.15) is 12.4 Å². The summed E-state index contributed by atoms with van der Waals surface area (Å²) >= 11 is 0. The molecule has 2 heterocycles. The van der Waals surface area contributed by atoms with Gasteiger partial charge in [0.2, 0.25) is 11.7 Å². The number of carbonyl (C=O) groups is 2. The Bertz CT molecular complexity index is 889. The minimum atomic E-state index is -0.482. The van der Waals surface area contributed by atoms with Gasteiger partial charge in [-0.3, -0.25) is 0 Å². The monoisotopic (exact) mass is 400 g/mol. The number of hydrogen-bond acceptors (Lipinski definition) is 7. The summed E-state index contributed by atoms with van der Waals surface area (Å²) in [5, 5.41) is 9.16. The zero-order chi connectivity index (χ0) is 20.6. The molecular weight excluding hydrogens is 376 g/mol. The Labute approximate surface area is 168 Å². The Balaban J connectivity index is 1.65. The maximum absolute atomic E-state index is 12.0. The van der Waals surface area contributed by atoms with E-state index < -0.39 is 5.97 Å². The molecule has 0 aliphatic carbocycles. The molecule has 9 heteroatoms. The van der Waals surface area contributed by atoms with Crippen LogP contribution in [0.3, 0.4) is 0 Å². The van der Waals surface area contributed by atoms with E-state index in [4.69, 9.17) is 14.0 Å². The lowest BCUT2D eigenvalue weighted by atomic mass is 10.1. The number of esters is 1. The van der Waals surface area contributed by atoms with Crippen LogP contribution < -0.4 is 15.4 Å². The maximum Gasteiger partial charge on any atom is 0.337 e. The number of aryl methyl sites for hydroxylation is 1. The molecule has 0 saturated carbocycles. The van der Waals surface area contributed by atoms with Gasteiger partial charge in [-0.1, -0.05) is 18.5 Å². The highest BCUT2D eigenvalue weighted by Crippen LogP contribution is 2.21. The average Bonchev–Trinajstić information content (AvgIpc) is 3.20. The van der Waals surface area contributed by atoms with Gasteiger partial charge in [-0.25, -0.2) is 9.59 Å². The van der Waals surface area contributed by atoms with Gasteiger partial charge in [0, 0.05) is 12.0 Å². The molecule has 29 heavy (non-hydrogen) atoms. The molecule has 1 aromatic carbocycles. The number of aromatic nitrogens is 2. The summed E-state index contributed by atoms with van der Waals surface area (Å²) in [6.45, 7) is 4.21. The summed E-state index contributed by atoms with van der Waals surface area (Å²) in [4.78, 5) is 28.0. The van der Waals surface area contributed by atoms with Gasteiger partial charge >= 0.3 is 12.0 Å². The average molecular weight is 400 g/mol. The molecule has 0 atom stereocenters. The van der Waals surface area contributed by atoms with E-state index in [0.29, 0.717) is 28.7 Å². The quantitative estimate of drug-likeness (QED) is 0.622. The molecular formula is C20H24N4O5. The van der Waals surface area contributed by atoms with Crippen LogP contribution in [-0.4, -0.2) is 41.9 Å². The van der Waals surface area contributed by atoms with Crippen molar-refractivity contribution in [3.05, 3.63) is 41.4 Å². The van der Waals surface area contributed by atoms with E-state index in [-0.39, 0.29) is 25.8 Å². The molecule has 154 valence electrons. The normalized spacial score (nSPS) is 13.7. The van der Waals surface area contributed by atoms with E-state index in [1.807, 2.05) is 12.1 Å². The fourth-order valence-electron chi connectivity index (χ4n) is 2.73. The Morgan fingerprint density at radius 2 is 2.03 bits per heavy atom. The number of nitrogens with zero attached hydrogens (tertiary/aromatic N) is 2. The summed E-state index contributed by atoms with van der Waals surface area (Å²) in [5.74, 6) is 1.25. The SMILES string of the molecule is CCCCc1nc(-c2ccc(OCC3=C(C(=O)OCC)CNC(=O)N3)cc2)no1. The van der Waals surface area contributed by atoms with E-state index in [1.54, 1.807) is 19.1 Å². The van der Waals surface area contributed by atoms with Crippen LogP contribution in [0, 0.1) is 0 Å². The number of rotatable bonds is 9. The number of ether oxygens (including phenoxy) is 2. The van der Waals surface area contributed by atoms with Gasteiger partial charge in [-0.05, 0) is 37.6 Å². The predicted molar refractivity (Wildman–Crippen MR) is 104 cm³/mol. The number of nitrogens with one attached hydrogen (secondary N) is 2. The molecule has 9 nitrogen and oxygen atoms in total. The third-order valence-electron chi connectivity index (χ3n) is 4.28. The van der Waals surface area contributed by atoms with E-state index in [0.717, 1.165) is 24.8 Å². The van der Waals surface area contributed by atoms with Crippen LogP contribution in [0.4, 0.5) is 4.79 Å². The highest BCUT2D eigenvalue weighted by molar-refractivity contribution is 5.93. The van der Waals surface area contributed by atoms with Gasteiger partial charge in [0.25, 0.3) is 0 Å². The van der Waals surface area contributed by atoms with Crippen LogP contribution >= 0.6 is 0 Å². The highest BCUT2D eigenvalue weighted by Gasteiger charge is 2.24. The molecule has 0 unspecified atom stereocenters. The van der Waals surface area contributed by atoms with Crippen molar-refractivity contribution in [2.45, 2.75) is 33.1 Å². The molecule has 3 rings (SSSR count). The molecule has 1 aliphatic rings. The lowest BCUT2D eigenvalue weighted by molar-refractivity contribution is -0.138. The fraction of sp³-hybridized carbons (Fsp3) is 0.400. The number of carbonyl (C=O) groups excluding carboxylic acids is 2. The van der Waals surface area contributed by atoms with Crippen LogP contribution in [0.15, 0.2) is 40.1 Å². The summed E-state index contributed by atoms with van der Waals surface area (Å²) in [5.41, 5.74) is 1.54. The Hall–Kier alpha value is -3.36. The first kappa shape index (κ1) is 20.4. The Morgan fingerprint density at radius 3 is 2.76 bits per heavy atom. The van der Waals surface area contributed by atoms with Crippen LogP contribution in [-0.2, 0) is 16.0 Å². The maximum atomic E-state index is 12.0. The van der Waals surface area contributed by atoms with Crippen LogP contribution in [0.25, 0.3) is 11.4 Å². The molecule has 2 N–H and O–H groups in total. The molecule has 0 saturated heterocycles. The minimum absolute atomic E-state index is 0.0320. The minimum Gasteiger partial charge on any atom is -0.487 e. The van der Waals surface area contributed by atoms with E-state index in [9.17, 15) is 9.59 Å². The van der Waals surface area contributed by atoms with E-state index in [1.165, 1.54) is 0 Å². The second-order valence-electron chi connectivity index (χ2n) is 6.41. The number of unbranched alkanes of at least 4 members (excludes halogenated alkanes) is 1. The van der Waals surface area contributed by atoms with Crippen molar-refractivity contribution in [2.75, 3.05) is 19.8 Å². The third kappa shape index (κ3) is 5.34. The second-order valence-corrected chi connectivity index (χ2v) is 6.41. The second kappa shape index (κ2) is 9.72.